The van der Waals surface area contributed by atoms with Crippen molar-refractivity contribution in [3.8, 4) is 0 Å². The lowest BCUT2D eigenvalue weighted by Gasteiger charge is -2.23. The summed E-state index contributed by atoms with van der Waals surface area (Å²) in [5, 5.41) is 0.822. The molecule has 3 rings (SSSR count). The fraction of sp³-hybridized carbons (Fsp3) is 0.176. The Balaban J connectivity index is 2.02. The van der Waals surface area contributed by atoms with E-state index in [0.717, 1.165) is 27.9 Å². The summed E-state index contributed by atoms with van der Waals surface area (Å²) in [7, 11) is -3.10. The molecule has 0 aliphatic rings. The van der Waals surface area contributed by atoms with Crippen LogP contribution in [0, 0.1) is 11.6 Å². The molecule has 1 heterocycles. The number of furan rings is 1. The van der Waals surface area contributed by atoms with Crippen molar-refractivity contribution in [3.05, 3.63) is 65.9 Å². The number of benzene rings is 2. The van der Waals surface area contributed by atoms with E-state index in [1.54, 1.807) is 25.1 Å². The van der Waals surface area contributed by atoms with E-state index in [1.165, 1.54) is 7.05 Å². The van der Waals surface area contributed by atoms with Gasteiger partial charge in [0.2, 0.25) is 10.0 Å². The Hall–Kier alpha value is -2.25. The van der Waals surface area contributed by atoms with Gasteiger partial charge in [0.15, 0.2) is 4.90 Å². The maximum Gasteiger partial charge on any atom is 0.249 e. The van der Waals surface area contributed by atoms with Crippen LogP contribution in [0.5, 0.6) is 0 Å². The summed E-state index contributed by atoms with van der Waals surface area (Å²) < 4.78 is 59.5. The molecule has 2 aromatic carbocycles. The highest BCUT2D eigenvalue weighted by Crippen LogP contribution is 2.31. The molecule has 0 saturated heterocycles. The third-order valence-corrected chi connectivity index (χ3v) is 5.94. The maximum absolute atomic E-state index is 13.9. The molecule has 0 amide bonds. The van der Waals surface area contributed by atoms with E-state index in [-0.39, 0.29) is 0 Å². The topological polar surface area (TPSA) is 50.5 Å². The number of fused-ring (bicyclic) bond motifs is 1. The van der Waals surface area contributed by atoms with Crippen LogP contribution in [0.1, 0.15) is 18.7 Å². The summed E-state index contributed by atoms with van der Waals surface area (Å²) in [5.74, 6) is -1.86. The lowest BCUT2D eigenvalue weighted by Crippen LogP contribution is -2.31. The Bertz CT molecular complexity index is 945. The minimum atomic E-state index is -4.36. The van der Waals surface area contributed by atoms with E-state index in [9.17, 15) is 17.2 Å². The van der Waals surface area contributed by atoms with Gasteiger partial charge in [0.1, 0.15) is 23.0 Å². The standard InChI is InChI=1S/C17H15F2NO3S/c1-11(16-10-12-6-3-4-9-15(12)23-16)20(2)24(21,22)17-13(18)7-5-8-14(17)19/h3-11H,1-2H3. The average molecular weight is 351 g/mol. The fourth-order valence-corrected chi connectivity index (χ4v) is 3.91. The SMILES string of the molecule is CC(c1cc2ccccc2o1)N(C)S(=O)(=O)c1c(F)cccc1F. The van der Waals surface area contributed by atoms with Crippen molar-refractivity contribution in [2.45, 2.75) is 17.9 Å². The van der Waals surface area contributed by atoms with Crippen LogP contribution in [0.2, 0.25) is 0 Å². The first-order valence-corrected chi connectivity index (χ1v) is 8.67. The molecular weight excluding hydrogens is 336 g/mol. The third-order valence-electron chi connectivity index (χ3n) is 3.96. The van der Waals surface area contributed by atoms with E-state index in [1.807, 2.05) is 12.1 Å². The van der Waals surface area contributed by atoms with Crippen molar-refractivity contribution in [2.75, 3.05) is 7.05 Å². The molecule has 0 N–H and O–H groups in total. The van der Waals surface area contributed by atoms with Gasteiger partial charge in [-0.15, -0.1) is 0 Å². The van der Waals surface area contributed by atoms with Gasteiger partial charge in [0.05, 0.1) is 6.04 Å². The van der Waals surface area contributed by atoms with E-state index in [2.05, 4.69) is 0 Å². The summed E-state index contributed by atoms with van der Waals surface area (Å²) in [6.07, 6.45) is 0. The monoisotopic (exact) mass is 351 g/mol. The lowest BCUT2D eigenvalue weighted by molar-refractivity contribution is 0.344. The van der Waals surface area contributed by atoms with E-state index in [0.29, 0.717) is 11.3 Å². The first-order valence-electron chi connectivity index (χ1n) is 7.23. The molecule has 24 heavy (non-hydrogen) atoms. The van der Waals surface area contributed by atoms with Crippen molar-refractivity contribution in [1.29, 1.82) is 0 Å². The first-order chi connectivity index (χ1) is 11.3. The Morgan fingerprint density at radius 2 is 1.67 bits per heavy atom. The molecule has 1 unspecified atom stereocenters. The van der Waals surface area contributed by atoms with Crippen LogP contribution in [-0.2, 0) is 10.0 Å². The molecule has 0 aliphatic heterocycles. The van der Waals surface area contributed by atoms with Crippen LogP contribution in [-0.4, -0.2) is 19.8 Å². The smallest absolute Gasteiger partial charge is 0.249 e. The molecule has 0 saturated carbocycles. The summed E-state index contributed by atoms with van der Waals surface area (Å²) in [5.41, 5.74) is 0.613. The lowest BCUT2D eigenvalue weighted by atomic mass is 10.2. The Labute approximate surface area is 138 Å². The largest absolute Gasteiger partial charge is 0.459 e. The Kier molecular flexibility index (Phi) is 4.15. The molecule has 1 atom stereocenters. The van der Waals surface area contributed by atoms with Gasteiger partial charge in [-0.2, -0.15) is 4.31 Å². The molecule has 4 nitrogen and oxygen atoms in total. The Morgan fingerprint density at radius 3 is 2.29 bits per heavy atom. The maximum atomic E-state index is 13.9. The predicted octanol–water partition coefficient (Wildman–Crippen LogP) is 4.09. The van der Waals surface area contributed by atoms with E-state index < -0.39 is 32.6 Å². The van der Waals surface area contributed by atoms with Gasteiger partial charge >= 0.3 is 0 Å². The second-order valence-corrected chi connectivity index (χ2v) is 7.37. The molecule has 126 valence electrons. The van der Waals surface area contributed by atoms with Crippen LogP contribution in [0.15, 0.2) is 57.8 Å². The van der Waals surface area contributed by atoms with Crippen molar-refractivity contribution in [1.82, 2.24) is 4.31 Å². The quantitative estimate of drug-likeness (QED) is 0.711. The fourth-order valence-electron chi connectivity index (χ4n) is 2.47. The second-order valence-electron chi connectivity index (χ2n) is 5.43. The number of hydrogen-bond donors (Lipinski definition) is 0. The Morgan fingerprint density at radius 1 is 1.04 bits per heavy atom. The summed E-state index contributed by atoms with van der Waals surface area (Å²) in [4.78, 5) is -0.963. The van der Waals surface area contributed by atoms with Gasteiger partial charge in [-0.3, -0.25) is 0 Å². The highest BCUT2D eigenvalue weighted by atomic mass is 32.2. The molecule has 7 heteroatoms. The molecule has 0 fully saturated rings. The number of para-hydroxylation sites is 1. The zero-order chi connectivity index (χ0) is 17.5. The molecule has 0 bridgehead atoms. The van der Waals surface area contributed by atoms with Gasteiger partial charge in [-0.25, -0.2) is 17.2 Å². The highest BCUT2D eigenvalue weighted by Gasteiger charge is 2.33. The van der Waals surface area contributed by atoms with Crippen LogP contribution in [0.25, 0.3) is 11.0 Å². The van der Waals surface area contributed by atoms with Gasteiger partial charge in [0.25, 0.3) is 0 Å². The molecule has 0 aliphatic carbocycles. The first kappa shape index (κ1) is 16.6. The van der Waals surface area contributed by atoms with Gasteiger partial charge < -0.3 is 4.42 Å². The number of nitrogens with zero attached hydrogens (tertiary/aromatic N) is 1. The number of hydrogen-bond acceptors (Lipinski definition) is 3. The second kappa shape index (κ2) is 5.99. The predicted molar refractivity (Wildman–Crippen MR) is 85.9 cm³/mol. The summed E-state index contributed by atoms with van der Waals surface area (Å²) >= 11 is 0. The van der Waals surface area contributed by atoms with Crippen molar-refractivity contribution >= 4 is 21.0 Å². The minimum absolute atomic E-state index is 0.388. The van der Waals surface area contributed by atoms with E-state index in [4.69, 9.17) is 4.42 Å². The van der Waals surface area contributed by atoms with Gasteiger partial charge in [-0.05, 0) is 31.2 Å². The van der Waals surface area contributed by atoms with Crippen molar-refractivity contribution in [2.24, 2.45) is 0 Å². The van der Waals surface area contributed by atoms with Crippen LogP contribution >= 0.6 is 0 Å². The molecule has 0 radical (unpaired) electrons. The normalized spacial score (nSPS) is 13.5. The number of rotatable bonds is 4. The summed E-state index contributed by atoms with van der Waals surface area (Å²) in [6, 6.07) is 11.1. The summed E-state index contributed by atoms with van der Waals surface area (Å²) in [6.45, 7) is 1.59. The number of sulfonamides is 1. The zero-order valence-corrected chi connectivity index (χ0v) is 13.8. The molecular formula is C17H15F2NO3S. The van der Waals surface area contributed by atoms with Crippen molar-refractivity contribution < 1.29 is 21.6 Å². The third kappa shape index (κ3) is 2.70. The number of halogens is 2. The highest BCUT2D eigenvalue weighted by molar-refractivity contribution is 7.89. The van der Waals surface area contributed by atoms with E-state index >= 15 is 0 Å². The van der Waals surface area contributed by atoms with Crippen molar-refractivity contribution in [3.63, 3.8) is 0 Å². The minimum Gasteiger partial charge on any atom is -0.459 e. The van der Waals surface area contributed by atoms with Crippen LogP contribution in [0.4, 0.5) is 8.78 Å². The van der Waals surface area contributed by atoms with Gasteiger partial charge in [-0.1, -0.05) is 24.3 Å². The molecule has 1 aromatic heterocycles. The van der Waals surface area contributed by atoms with Crippen LogP contribution < -0.4 is 0 Å². The molecule has 3 aromatic rings. The van der Waals surface area contributed by atoms with Gasteiger partial charge in [0, 0.05) is 12.4 Å². The van der Waals surface area contributed by atoms with Crippen LogP contribution in [0.3, 0.4) is 0 Å². The molecule has 0 spiro atoms. The zero-order valence-electron chi connectivity index (χ0n) is 13.0. The average Bonchev–Trinajstić information content (AvgIpc) is 2.97.